The lowest BCUT2D eigenvalue weighted by atomic mass is 10.2. The molecule has 1 aliphatic rings. The van der Waals surface area contributed by atoms with E-state index in [0.29, 0.717) is 23.1 Å². The molecular formula is C13H19ClN6O3. The predicted molar refractivity (Wildman–Crippen MR) is 83.9 cm³/mol. The number of nitrogens with one attached hydrogen (secondary N) is 1. The first-order chi connectivity index (χ1) is 10.7. The molecule has 0 saturated carbocycles. The topological polar surface area (TPSA) is 98.4 Å². The average Bonchev–Trinajstić information content (AvgIpc) is 3.03. The molecule has 23 heavy (non-hydrogen) atoms. The van der Waals surface area contributed by atoms with E-state index >= 15 is 0 Å². The monoisotopic (exact) mass is 342 g/mol. The van der Waals surface area contributed by atoms with Crippen LogP contribution in [0.1, 0.15) is 11.9 Å². The van der Waals surface area contributed by atoms with E-state index in [1.165, 1.54) is 20.5 Å². The van der Waals surface area contributed by atoms with Gasteiger partial charge in [0.15, 0.2) is 11.4 Å². The third kappa shape index (κ3) is 3.36. The summed E-state index contributed by atoms with van der Waals surface area (Å²) in [5.74, 6) is 1.55. The van der Waals surface area contributed by atoms with Crippen molar-refractivity contribution >= 4 is 12.4 Å². The highest BCUT2D eigenvalue weighted by atomic mass is 35.5. The largest absolute Gasteiger partial charge is 0.480 e. The zero-order valence-electron chi connectivity index (χ0n) is 13.1. The van der Waals surface area contributed by atoms with E-state index in [2.05, 4.69) is 30.3 Å². The van der Waals surface area contributed by atoms with Crippen molar-refractivity contribution in [3.63, 3.8) is 0 Å². The summed E-state index contributed by atoms with van der Waals surface area (Å²) < 4.78 is 15.9. The lowest BCUT2D eigenvalue weighted by Gasteiger charge is -2.30. The van der Waals surface area contributed by atoms with Gasteiger partial charge in [-0.2, -0.15) is 4.98 Å². The fourth-order valence-electron chi connectivity index (χ4n) is 2.41. The van der Waals surface area contributed by atoms with E-state index in [1.54, 1.807) is 0 Å². The molecule has 0 amide bonds. The fourth-order valence-corrected chi connectivity index (χ4v) is 2.41. The molecule has 0 aromatic carbocycles. The normalized spacial score (nSPS) is 18.3. The van der Waals surface area contributed by atoms with Gasteiger partial charge in [0.25, 0.3) is 5.89 Å². The van der Waals surface area contributed by atoms with Crippen LogP contribution in [0.4, 0.5) is 0 Å². The summed E-state index contributed by atoms with van der Waals surface area (Å²) in [5, 5.41) is 7.40. The van der Waals surface area contributed by atoms with Crippen molar-refractivity contribution in [1.82, 2.24) is 30.3 Å². The molecule has 126 valence electrons. The summed E-state index contributed by atoms with van der Waals surface area (Å²) in [5.41, 5.74) is 0.456. The van der Waals surface area contributed by atoms with Crippen molar-refractivity contribution in [2.75, 3.05) is 40.9 Å². The molecule has 3 heterocycles. The third-order valence-electron chi connectivity index (χ3n) is 3.63. The summed E-state index contributed by atoms with van der Waals surface area (Å²) in [7, 11) is 5.07. The maximum absolute atomic E-state index is 5.38. The van der Waals surface area contributed by atoms with Gasteiger partial charge in [-0.1, -0.05) is 5.16 Å². The Morgan fingerprint density at radius 2 is 1.96 bits per heavy atom. The molecule has 3 rings (SSSR count). The van der Waals surface area contributed by atoms with Crippen LogP contribution in [-0.2, 0) is 0 Å². The van der Waals surface area contributed by atoms with Crippen molar-refractivity contribution in [1.29, 1.82) is 0 Å². The van der Waals surface area contributed by atoms with Crippen molar-refractivity contribution in [2.24, 2.45) is 0 Å². The van der Waals surface area contributed by atoms with E-state index in [4.69, 9.17) is 14.0 Å². The molecule has 1 unspecified atom stereocenters. The molecule has 1 fully saturated rings. The van der Waals surface area contributed by atoms with E-state index in [0.717, 1.165) is 19.6 Å². The Bertz CT molecular complexity index is 630. The number of halogens is 1. The van der Waals surface area contributed by atoms with Gasteiger partial charge in [0, 0.05) is 19.6 Å². The highest BCUT2D eigenvalue weighted by Gasteiger charge is 2.28. The Hall–Kier alpha value is -1.97. The number of aromatic nitrogens is 4. The van der Waals surface area contributed by atoms with Crippen LogP contribution in [0.3, 0.4) is 0 Å². The second-order valence-electron chi connectivity index (χ2n) is 4.93. The van der Waals surface area contributed by atoms with Gasteiger partial charge in [-0.3, -0.25) is 4.90 Å². The molecule has 10 heteroatoms. The number of likely N-dealkylation sites (N-methyl/N-ethyl adjacent to an activating group) is 1. The van der Waals surface area contributed by atoms with Crippen molar-refractivity contribution < 1.29 is 14.0 Å². The molecule has 0 aliphatic carbocycles. The molecule has 0 spiro atoms. The molecule has 1 N–H and O–H groups in total. The summed E-state index contributed by atoms with van der Waals surface area (Å²) >= 11 is 0. The van der Waals surface area contributed by atoms with E-state index in [1.807, 2.05) is 7.05 Å². The lowest BCUT2D eigenvalue weighted by molar-refractivity contribution is 0.190. The Morgan fingerprint density at radius 3 is 2.57 bits per heavy atom. The van der Waals surface area contributed by atoms with Gasteiger partial charge in [-0.15, -0.1) is 12.4 Å². The highest BCUT2D eigenvalue weighted by molar-refractivity contribution is 5.85. The zero-order valence-corrected chi connectivity index (χ0v) is 14.0. The first kappa shape index (κ1) is 17.4. The standard InChI is InChI=1S/C13H18N6O3.ClH/c1-19-5-4-14-6-8(19)10-17-13(22-18-10)9-11(20-2)15-7-16-12(9)21-3;/h7-8,14H,4-6H2,1-3H3;1H. The molecular weight excluding hydrogens is 324 g/mol. The molecule has 2 aromatic rings. The van der Waals surface area contributed by atoms with E-state index in [-0.39, 0.29) is 24.3 Å². The van der Waals surface area contributed by atoms with Crippen LogP contribution in [0.25, 0.3) is 11.5 Å². The van der Waals surface area contributed by atoms with Crippen LogP contribution in [0, 0.1) is 0 Å². The fraction of sp³-hybridized carbons (Fsp3) is 0.538. The van der Waals surface area contributed by atoms with Gasteiger partial charge < -0.3 is 19.3 Å². The van der Waals surface area contributed by atoms with Gasteiger partial charge in [-0.25, -0.2) is 9.97 Å². The Balaban J connectivity index is 0.00000192. The highest BCUT2D eigenvalue weighted by Crippen LogP contribution is 2.34. The molecule has 1 saturated heterocycles. The maximum atomic E-state index is 5.38. The molecule has 0 bridgehead atoms. The van der Waals surface area contributed by atoms with E-state index in [9.17, 15) is 0 Å². The molecule has 2 aromatic heterocycles. The first-order valence-corrected chi connectivity index (χ1v) is 6.92. The van der Waals surface area contributed by atoms with Crippen LogP contribution >= 0.6 is 12.4 Å². The summed E-state index contributed by atoms with van der Waals surface area (Å²) in [4.78, 5) is 14.8. The van der Waals surface area contributed by atoms with Crippen molar-refractivity contribution in [2.45, 2.75) is 6.04 Å². The minimum absolute atomic E-state index is 0. The Morgan fingerprint density at radius 1 is 1.26 bits per heavy atom. The van der Waals surface area contributed by atoms with Crippen LogP contribution in [0.5, 0.6) is 11.8 Å². The average molecular weight is 343 g/mol. The molecule has 0 radical (unpaired) electrons. The second-order valence-corrected chi connectivity index (χ2v) is 4.93. The number of hydrogen-bond acceptors (Lipinski definition) is 9. The van der Waals surface area contributed by atoms with Crippen molar-refractivity contribution in [3.8, 4) is 23.2 Å². The second kappa shape index (κ2) is 7.53. The lowest BCUT2D eigenvalue weighted by Crippen LogP contribution is -2.44. The van der Waals surface area contributed by atoms with Gasteiger partial charge in [0.2, 0.25) is 11.8 Å². The summed E-state index contributed by atoms with van der Waals surface area (Å²) in [6.07, 6.45) is 1.36. The summed E-state index contributed by atoms with van der Waals surface area (Å²) in [6, 6.07) is 0.0628. The summed E-state index contributed by atoms with van der Waals surface area (Å²) in [6.45, 7) is 2.65. The smallest absolute Gasteiger partial charge is 0.269 e. The van der Waals surface area contributed by atoms with Crippen LogP contribution in [0.2, 0.25) is 0 Å². The number of rotatable bonds is 4. The minimum Gasteiger partial charge on any atom is -0.480 e. The number of nitrogens with zero attached hydrogens (tertiary/aromatic N) is 5. The van der Waals surface area contributed by atoms with E-state index < -0.39 is 0 Å². The van der Waals surface area contributed by atoms with Gasteiger partial charge in [0.1, 0.15) is 6.33 Å². The molecule has 9 nitrogen and oxygen atoms in total. The number of piperazine rings is 1. The minimum atomic E-state index is 0. The van der Waals surface area contributed by atoms with Gasteiger partial charge >= 0.3 is 0 Å². The number of hydrogen-bond donors (Lipinski definition) is 1. The Kier molecular flexibility index (Phi) is 5.69. The number of methoxy groups -OCH3 is 2. The quantitative estimate of drug-likeness (QED) is 0.853. The van der Waals surface area contributed by atoms with Gasteiger partial charge in [0.05, 0.1) is 20.3 Å². The van der Waals surface area contributed by atoms with Crippen LogP contribution in [0.15, 0.2) is 10.9 Å². The molecule has 1 aliphatic heterocycles. The molecule has 1 atom stereocenters. The Labute approximate surface area is 139 Å². The van der Waals surface area contributed by atoms with Gasteiger partial charge in [-0.05, 0) is 7.05 Å². The SMILES string of the molecule is COc1ncnc(OC)c1-c1nc(C2CNCCN2C)no1.Cl. The van der Waals surface area contributed by atoms with Crippen molar-refractivity contribution in [3.05, 3.63) is 12.2 Å². The number of ether oxygens (including phenoxy) is 2. The van der Waals surface area contributed by atoms with Crippen LogP contribution < -0.4 is 14.8 Å². The third-order valence-corrected chi connectivity index (χ3v) is 3.63. The maximum Gasteiger partial charge on any atom is 0.269 e. The van der Waals surface area contributed by atoms with Crippen LogP contribution in [-0.4, -0.2) is 65.9 Å². The first-order valence-electron chi connectivity index (χ1n) is 6.92. The predicted octanol–water partition coefficient (Wildman–Crippen LogP) is 0.542. The zero-order chi connectivity index (χ0) is 15.5.